The molecule has 2 rings (SSSR count). The second kappa shape index (κ2) is 7.73. The first kappa shape index (κ1) is 18.4. The van der Waals surface area contributed by atoms with E-state index in [0.29, 0.717) is 0 Å². The lowest BCUT2D eigenvalue weighted by Gasteiger charge is -2.40. The summed E-state index contributed by atoms with van der Waals surface area (Å²) in [4.78, 5) is 2.39. The summed E-state index contributed by atoms with van der Waals surface area (Å²) in [6.45, 7) is 5.55. The summed E-state index contributed by atoms with van der Waals surface area (Å²) in [7, 11) is -1.43. The quantitative estimate of drug-likeness (QED) is 0.798. The van der Waals surface area contributed by atoms with Crippen molar-refractivity contribution < 1.29 is 12.8 Å². The van der Waals surface area contributed by atoms with Gasteiger partial charge in [0.05, 0.1) is 5.75 Å². The Bertz CT molecular complexity index is 596. The number of sulfonamides is 1. The van der Waals surface area contributed by atoms with E-state index in [4.69, 9.17) is 0 Å². The Morgan fingerprint density at radius 3 is 2.26 bits per heavy atom. The van der Waals surface area contributed by atoms with Gasteiger partial charge in [0.25, 0.3) is 0 Å². The van der Waals surface area contributed by atoms with Crippen LogP contribution >= 0.6 is 0 Å². The maximum Gasteiger partial charge on any atom is 0.213 e. The van der Waals surface area contributed by atoms with Crippen molar-refractivity contribution in [2.75, 3.05) is 25.9 Å². The molecule has 1 fully saturated rings. The van der Waals surface area contributed by atoms with Crippen LogP contribution in [0.5, 0.6) is 0 Å². The average Bonchev–Trinajstić information content (AvgIpc) is 2.57. The van der Waals surface area contributed by atoms with Crippen LogP contribution in [-0.4, -0.2) is 49.6 Å². The van der Waals surface area contributed by atoms with Crippen LogP contribution < -0.4 is 0 Å². The number of piperidine rings is 1. The molecule has 0 spiro atoms. The van der Waals surface area contributed by atoms with Crippen molar-refractivity contribution in [2.24, 2.45) is 0 Å². The van der Waals surface area contributed by atoms with Gasteiger partial charge in [-0.05, 0) is 43.9 Å². The Labute approximate surface area is 139 Å². The Kier molecular flexibility index (Phi) is 6.17. The first-order chi connectivity index (χ1) is 10.9. The normalized spacial score (nSPS) is 19.2. The Morgan fingerprint density at radius 1 is 1.22 bits per heavy atom. The van der Waals surface area contributed by atoms with Gasteiger partial charge in [-0.2, -0.15) is 0 Å². The zero-order valence-corrected chi connectivity index (χ0v) is 15.0. The van der Waals surface area contributed by atoms with Crippen molar-refractivity contribution in [3.05, 3.63) is 35.6 Å². The highest BCUT2D eigenvalue weighted by Crippen LogP contribution is 2.29. The van der Waals surface area contributed by atoms with Crippen LogP contribution in [0.3, 0.4) is 0 Å². The summed E-state index contributed by atoms with van der Waals surface area (Å²) in [5.74, 6) is -0.0645. The smallest absolute Gasteiger partial charge is 0.213 e. The van der Waals surface area contributed by atoms with Crippen molar-refractivity contribution in [3.8, 4) is 0 Å². The third-order valence-corrected chi connectivity index (χ3v) is 6.80. The molecule has 6 heteroatoms. The molecule has 0 radical (unpaired) electrons. The third kappa shape index (κ3) is 4.31. The average molecular weight is 342 g/mol. The molecule has 1 atom stereocenters. The number of rotatable bonds is 6. The molecular formula is C17H27FN2O2S. The number of hydrogen-bond donors (Lipinski definition) is 0. The van der Waals surface area contributed by atoms with Crippen LogP contribution in [0.1, 0.15) is 44.7 Å². The van der Waals surface area contributed by atoms with E-state index in [-0.39, 0.29) is 23.7 Å². The maximum atomic E-state index is 13.1. The minimum absolute atomic E-state index is 0.0851. The van der Waals surface area contributed by atoms with Crippen molar-refractivity contribution in [1.82, 2.24) is 9.21 Å². The second-order valence-electron chi connectivity index (χ2n) is 6.16. The van der Waals surface area contributed by atoms with Gasteiger partial charge in [-0.15, -0.1) is 0 Å². The fraction of sp³-hybridized carbons (Fsp3) is 0.647. The number of nitrogens with zero attached hydrogens (tertiary/aromatic N) is 2. The van der Waals surface area contributed by atoms with E-state index in [9.17, 15) is 12.8 Å². The monoisotopic (exact) mass is 342 g/mol. The first-order valence-electron chi connectivity index (χ1n) is 8.34. The molecule has 130 valence electrons. The lowest BCUT2D eigenvalue weighted by molar-refractivity contribution is 0.122. The zero-order chi connectivity index (χ0) is 17.0. The van der Waals surface area contributed by atoms with Crippen molar-refractivity contribution >= 4 is 10.0 Å². The van der Waals surface area contributed by atoms with Gasteiger partial charge in [-0.3, -0.25) is 4.90 Å². The highest BCUT2D eigenvalue weighted by molar-refractivity contribution is 7.89. The fourth-order valence-electron chi connectivity index (χ4n) is 3.38. The third-order valence-electron chi connectivity index (χ3n) is 4.90. The minimum atomic E-state index is -3.12. The topological polar surface area (TPSA) is 40.6 Å². The van der Waals surface area contributed by atoms with Crippen LogP contribution in [0.4, 0.5) is 4.39 Å². The zero-order valence-electron chi connectivity index (χ0n) is 14.2. The van der Waals surface area contributed by atoms with Crippen LogP contribution in [0.25, 0.3) is 0 Å². The highest BCUT2D eigenvalue weighted by Gasteiger charge is 2.31. The minimum Gasteiger partial charge on any atom is -0.296 e. The summed E-state index contributed by atoms with van der Waals surface area (Å²) in [5, 5.41) is 0. The largest absolute Gasteiger partial charge is 0.296 e. The molecule has 0 saturated carbocycles. The summed E-state index contributed by atoms with van der Waals surface area (Å²) >= 11 is 0. The molecule has 1 saturated heterocycles. The van der Waals surface area contributed by atoms with Gasteiger partial charge < -0.3 is 0 Å². The fourth-order valence-corrected chi connectivity index (χ4v) is 4.45. The van der Waals surface area contributed by atoms with Gasteiger partial charge >= 0.3 is 0 Å². The SMILES string of the molecule is CCC(c1ccc(F)cc1)N1CCC(N(C)S(=O)(=O)CC)CC1. The Balaban J connectivity index is 2.01. The molecular weight excluding hydrogens is 315 g/mol. The van der Waals surface area contributed by atoms with Crippen LogP contribution in [0.15, 0.2) is 24.3 Å². The standard InChI is InChI=1S/C17H27FN2O2S/c1-4-17(14-6-8-15(18)9-7-14)20-12-10-16(11-13-20)19(3)23(21,22)5-2/h6-9,16-17H,4-5,10-13H2,1-3H3. The molecule has 1 heterocycles. The van der Waals surface area contributed by atoms with E-state index in [1.54, 1.807) is 18.3 Å². The summed E-state index contributed by atoms with van der Waals surface area (Å²) in [6.07, 6.45) is 2.64. The van der Waals surface area contributed by atoms with E-state index in [1.807, 2.05) is 12.1 Å². The number of hydrogen-bond acceptors (Lipinski definition) is 3. The summed E-state index contributed by atoms with van der Waals surface area (Å²) in [6, 6.07) is 7.07. The van der Waals surface area contributed by atoms with E-state index in [2.05, 4.69) is 11.8 Å². The van der Waals surface area contributed by atoms with Gasteiger partial charge in [-0.25, -0.2) is 17.1 Å². The summed E-state index contributed by atoms with van der Waals surface area (Å²) in [5.41, 5.74) is 1.13. The molecule has 23 heavy (non-hydrogen) atoms. The van der Waals surface area contributed by atoms with Gasteiger partial charge in [0.1, 0.15) is 5.82 Å². The van der Waals surface area contributed by atoms with E-state index in [0.717, 1.165) is 37.9 Å². The number of benzene rings is 1. The highest BCUT2D eigenvalue weighted by atomic mass is 32.2. The molecule has 0 bridgehead atoms. The molecule has 0 aliphatic carbocycles. The Morgan fingerprint density at radius 2 is 1.78 bits per heavy atom. The number of likely N-dealkylation sites (tertiary alicyclic amines) is 1. The molecule has 4 nitrogen and oxygen atoms in total. The van der Waals surface area contributed by atoms with Crippen molar-refractivity contribution in [3.63, 3.8) is 0 Å². The van der Waals surface area contributed by atoms with E-state index >= 15 is 0 Å². The van der Waals surface area contributed by atoms with E-state index in [1.165, 1.54) is 12.1 Å². The van der Waals surface area contributed by atoms with Crippen LogP contribution in [0, 0.1) is 5.82 Å². The molecule has 1 aliphatic rings. The van der Waals surface area contributed by atoms with Crippen molar-refractivity contribution in [1.29, 1.82) is 0 Å². The molecule has 1 aliphatic heterocycles. The van der Waals surface area contributed by atoms with Crippen LogP contribution in [0.2, 0.25) is 0 Å². The molecule has 0 amide bonds. The van der Waals surface area contributed by atoms with Gasteiger partial charge in [0.2, 0.25) is 10.0 Å². The van der Waals surface area contributed by atoms with Gasteiger partial charge in [0, 0.05) is 32.2 Å². The van der Waals surface area contributed by atoms with Gasteiger partial charge in [0.15, 0.2) is 0 Å². The second-order valence-corrected chi connectivity index (χ2v) is 8.48. The lowest BCUT2D eigenvalue weighted by atomic mass is 9.97. The number of halogens is 1. The predicted octanol–water partition coefficient (Wildman–Crippen LogP) is 3.02. The van der Waals surface area contributed by atoms with Crippen LogP contribution in [-0.2, 0) is 10.0 Å². The summed E-state index contributed by atoms with van der Waals surface area (Å²) < 4.78 is 38.7. The molecule has 1 unspecified atom stereocenters. The first-order valence-corrected chi connectivity index (χ1v) is 9.95. The van der Waals surface area contributed by atoms with Gasteiger partial charge in [-0.1, -0.05) is 19.1 Å². The van der Waals surface area contributed by atoms with E-state index < -0.39 is 10.0 Å². The molecule has 0 aromatic heterocycles. The van der Waals surface area contributed by atoms with Crippen molar-refractivity contribution in [2.45, 2.75) is 45.2 Å². The Hall–Kier alpha value is -0.980. The maximum absolute atomic E-state index is 13.1. The molecule has 1 aromatic carbocycles. The predicted molar refractivity (Wildman–Crippen MR) is 91.3 cm³/mol. The lowest BCUT2D eigenvalue weighted by Crippen LogP contribution is -2.46. The molecule has 0 N–H and O–H groups in total. The molecule has 1 aromatic rings.